The molecule has 1 aromatic heterocycles. The van der Waals surface area contributed by atoms with Gasteiger partial charge in [-0.3, -0.25) is 4.98 Å². The lowest BCUT2D eigenvalue weighted by Gasteiger charge is -2.01. The Morgan fingerprint density at radius 3 is 2.58 bits per heavy atom. The predicted octanol–water partition coefficient (Wildman–Crippen LogP) is 2.90. The molecule has 66 valence electrons. The van der Waals surface area contributed by atoms with E-state index < -0.39 is 17.8 Å². The lowest BCUT2D eigenvalue weighted by molar-refractivity contribution is 0.150. The molecule has 0 bridgehead atoms. The maximum Gasteiger partial charge on any atom is 0.265 e. The van der Waals surface area contributed by atoms with Crippen molar-refractivity contribution in [3.63, 3.8) is 0 Å². The van der Waals surface area contributed by atoms with Crippen molar-refractivity contribution in [2.45, 2.75) is 12.3 Å². The number of hydrogen-bond donors (Lipinski definition) is 0. The highest BCUT2D eigenvalue weighted by atomic mass is 35.5. The first-order valence-corrected chi connectivity index (χ1v) is 3.67. The smallest absolute Gasteiger partial charge is 0.256 e. The summed E-state index contributed by atoms with van der Waals surface area (Å²) in [6, 6.07) is 0.745. The van der Waals surface area contributed by atoms with Gasteiger partial charge in [0.2, 0.25) is 0 Å². The molecule has 0 saturated heterocycles. The van der Waals surface area contributed by atoms with Gasteiger partial charge in [-0.2, -0.15) is 0 Å². The minimum Gasteiger partial charge on any atom is -0.256 e. The van der Waals surface area contributed by atoms with Crippen LogP contribution in [0, 0.1) is 5.82 Å². The monoisotopic (exact) mass is 195 g/mol. The molecule has 1 aromatic rings. The molecular weight excluding hydrogens is 191 g/mol. The van der Waals surface area contributed by atoms with Crippen molar-refractivity contribution in [3.8, 4) is 0 Å². The van der Waals surface area contributed by atoms with Crippen molar-refractivity contribution in [2.24, 2.45) is 0 Å². The molecule has 1 nitrogen and oxygen atoms in total. The van der Waals surface area contributed by atoms with Gasteiger partial charge >= 0.3 is 0 Å². The van der Waals surface area contributed by atoms with Gasteiger partial charge < -0.3 is 0 Å². The second kappa shape index (κ2) is 3.76. The second-order valence-electron chi connectivity index (χ2n) is 2.13. The van der Waals surface area contributed by atoms with Crippen LogP contribution in [0.25, 0.3) is 0 Å². The zero-order valence-electron chi connectivity index (χ0n) is 5.90. The topological polar surface area (TPSA) is 12.9 Å². The van der Waals surface area contributed by atoms with Gasteiger partial charge in [0.25, 0.3) is 6.43 Å². The Morgan fingerprint density at radius 1 is 1.50 bits per heavy atom. The number of nitrogens with zero attached hydrogens (tertiary/aromatic N) is 1. The molecule has 0 aliphatic heterocycles. The fourth-order valence-corrected chi connectivity index (χ4v) is 0.895. The van der Waals surface area contributed by atoms with Gasteiger partial charge in [-0.25, -0.2) is 13.2 Å². The van der Waals surface area contributed by atoms with Gasteiger partial charge in [-0.1, -0.05) is 0 Å². The fourth-order valence-electron chi connectivity index (χ4n) is 0.699. The molecule has 0 radical (unpaired) electrons. The molecule has 0 unspecified atom stereocenters. The standard InChI is InChI=1S/C7H5ClF3N/c8-2-6-5(9)1-4(3-12-6)7(10)11/h1,3,7H,2H2. The van der Waals surface area contributed by atoms with E-state index in [0.29, 0.717) is 0 Å². The summed E-state index contributed by atoms with van der Waals surface area (Å²) in [7, 11) is 0. The second-order valence-corrected chi connectivity index (χ2v) is 2.40. The van der Waals surface area contributed by atoms with E-state index in [1.807, 2.05) is 0 Å². The van der Waals surface area contributed by atoms with Crippen LogP contribution in [0.3, 0.4) is 0 Å². The van der Waals surface area contributed by atoms with Crippen LogP contribution in [0.1, 0.15) is 17.7 Å². The number of halogens is 4. The van der Waals surface area contributed by atoms with Gasteiger partial charge in [0, 0.05) is 11.8 Å². The lowest BCUT2D eigenvalue weighted by atomic mass is 10.2. The number of pyridine rings is 1. The Labute approximate surface area is 72.2 Å². The summed E-state index contributed by atoms with van der Waals surface area (Å²) >= 11 is 5.27. The summed E-state index contributed by atoms with van der Waals surface area (Å²) < 4.78 is 36.6. The van der Waals surface area contributed by atoms with E-state index in [2.05, 4.69) is 4.98 Å². The Bertz CT molecular complexity index is 277. The summed E-state index contributed by atoms with van der Waals surface area (Å²) in [6.07, 6.45) is -1.78. The average molecular weight is 196 g/mol. The molecule has 0 aliphatic rings. The van der Waals surface area contributed by atoms with Crippen molar-refractivity contribution in [1.29, 1.82) is 0 Å². The van der Waals surface area contributed by atoms with E-state index in [0.717, 1.165) is 12.3 Å². The van der Waals surface area contributed by atoms with Gasteiger partial charge in [-0.15, -0.1) is 11.6 Å². The van der Waals surface area contributed by atoms with Crippen molar-refractivity contribution in [2.75, 3.05) is 0 Å². The molecule has 0 atom stereocenters. The van der Waals surface area contributed by atoms with Gasteiger partial charge in [-0.05, 0) is 6.07 Å². The highest BCUT2D eigenvalue weighted by molar-refractivity contribution is 6.16. The molecule has 0 saturated carbocycles. The molecule has 5 heteroatoms. The summed E-state index contributed by atoms with van der Waals surface area (Å²) in [5, 5.41) is 0. The Kier molecular flexibility index (Phi) is 2.92. The maximum atomic E-state index is 12.7. The summed E-state index contributed by atoms with van der Waals surface area (Å²) in [4.78, 5) is 3.43. The molecule has 0 spiro atoms. The summed E-state index contributed by atoms with van der Waals surface area (Å²) in [5.74, 6) is -0.905. The molecule has 12 heavy (non-hydrogen) atoms. The zero-order chi connectivity index (χ0) is 9.14. The first kappa shape index (κ1) is 9.32. The summed E-state index contributed by atoms with van der Waals surface area (Å²) in [5.41, 5.74) is -0.442. The molecule has 1 rings (SSSR count). The SMILES string of the molecule is Fc1cc(C(F)F)cnc1CCl. The average Bonchev–Trinajstić information content (AvgIpc) is 2.04. The van der Waals surface area contributed by atoms with Crippen LogP contribution in [0.4, 0.5) is 13.2 Å². The van der Waals surface area contributed by atoms with Crippen LogP contribution >= 0.6 is 11.6 Å². The number of rotatable bonds is 2. The highest BCUT2D eigenvalue weighted by Crippen LogP contribution is 2.19. The molecule has 1 heterocycles. The number of aromatic nitrogens is 1. The quantitative estimate of drug-likeness (QED) is 0.662. The first-order valence-electron chi connectivity index (χ1n) is 3.13. The van der Waals surface area contributed by atoms with E-state index in [1.165, 1.54) is 0 Å². The normalized spacial score (nSPS) is 10.8. The largest absolute Gasteiger partial charge is 0.265 e. The Balaban J connectivity index is 3.02. The van der Waals surface area contributed by atoms with Crippen LogP contribution < -0.4 is 0 Å². The summed E-state index contributed by atoms with van der Waals surface area (Å²) in [6.45, 7) is 0. The Morgan fingerprint density at radius 2 is 2.17 bits per heavy atom. The molecule has 0 aliphatic carbocycles. The van der Waals surface area contributed by atoms with E-state index in [9.17, 15) is 13.2 Å². The lowest BCUT2D eigenvalue weighted by Crippen LogP contribution is -1.95. The third-order valence-electron chi connectivity index (χ3n) is 1.32. The Hall–Kier alpha value is -0.770. The predicted molar refractivity (Wildman–Crippen MR) is 38.7 cm³/mol. The molecular formula is C7H5ClF3N. The zero-order valence-corrected chi connectivity index (χ0v) is 6.65. The third-order valence-corrected chi connectivity index (χ3v) is 1.57. The van der Waals surface area contributed by atoms with Crippen LogP contribution in [0.15, 0.2) is 12.3 Å². The van der Waals surface area contributed by atoms with Crippen molar-refractivity contribution >= 4 is 11.6 Å². The van der Waals surface area contributed by atoms with Crippen LogP contribution in [-0.2, 0) is 5.88 Å². The van der Waals surface area contributed by atoms with Crippen LogP contribution in [0.5, 0.6) is 0 Å². The van der Waals surface area contributed by atoms with Crippen molar-refractivity contribution in [1.82, 2.24) is 4.98 Å². The third kappa shape index (κ3) is 1.88. The van der Waals surface area contributed by atoms with Crippen molar-refractivity contribution < 1.29 is 13.2 Å². The molecule has 0 aromatic carbocycles. The number of hydrogen-bond acceptors (Lipinski definition) is 1. The van der Waals surface area contributed by atoms with Gasteiger partial charge in [0.1, 0.15) is 5.82 Å². The minimum absolute atomic E-state index is 0.0129. The molecule has 0 N–H and O–H groups in total. The van der Waals surface area contributed by atoms with Crippen molar-refractivity contribution in [3.05, 3.63) is 29.3 Å². The van der Waals surface area contributed by atoms with Gasteiger partial charge in [0.15, 0.2) is 0 Å². The van der Waals surface area contributed by atoms with Gasteiger partial charge in [0.05, 0.1) is 11.6 Å². The van der Waals surface area contributed by atoms with E-state index in [1.54, 1.807) is 0 Å². The minimum atomic E-state index is -2.70. The van der Waals surface area contributed by atoms with Crippen LogP contribution in [0.2, 0.25) is 0 Å². The highest BCUT2D eigenvalue weighted by Gasteiger charge is 2.10. The first-order chi connectivity index (χ1) is 5.65. The fraction of sp³-hybridized carbons (Fsp3) is 0.286. The maximum absolute atomic E-state index is 12.7. The van der Waals surface area contributed by atoms with Crippen LogP contribution in [-0.4, -0.2) is 4.98 Å². The molecule has 0 amide bonds. The van der Waals surface area contributed by atoms with E-state index in [-0.39, 0.29) is 11.6 Å². The van der Waals surface area contributed by atoms with E-state index >= 15 is 0 Å². The van der Waals surface area contributed by atoms with E-state index in [4.69, 9.17) is 11.6 Å². The number of alkyl halides is 3. The molecule has 0 fully saturated rings.